The number of alkyl halides is 1. The largest absolute Gasteiger partial charge is 0.457 e. The molecule has 0 spiro atoms. The Hall–Kier alpha value is -0.930. The van der Waals surface area contributed by atoms with Gasteiger partial charge in [0.15, 0.2) is 5.78 Å². The van der Waals surface area contributed by atoms with Crippen molar-refractivity contribution in [2.24, 2.45) is 5.92 Å². The van der Waals surface area contributed by atoms with Crippen molar-refractivity contribution in [3.8, 4) is 0 Å². The summed E-state index contributed by atoms with van der Waals surface area (Å²) >= 11 is 0. The van der Waals surface area contributed by atoms with Crippen LogP contribution in [0.4, 0.5) is 4.39 Å². The second kappa shape index (κ2) is 4.15. The van der Waals surface area contributed by atoms with Crippen molar-refractivity contribution in [2.45, 2.75) is 58.2 Å². The Kier molecular flexibility index (Phi) is 3.41. The molecule has 1 aliphatic rings. The first kappa shape index (κ1) is 13.1. The van der Waals surface area contributed by atoms with Crippen LogP contribution in [0.2, 0.25) is 0 Å². The van der Waals surface area contributed by atoms with Gasteiger partial charge in [-0.3, -0.25) is 4.79 Å². The molecule has 1 aliphatic carbocycles. The van der Waals surface area contributed by atoms with Gasteiger partial charge in [-0.1, -0.05) is 6.92 Å². The Balaban J connectivity index is 2.82. The number of hydrogen-bond acceptors (Lipinski definition) is 3. The SMILES string of the molecule is CC1CCC(=O)C(F)(C(=O)OC(C)(C)C)C1. The molecule has 0 saturated heterocycles. The number of carbonyl (C=O) groups excluding carboxylic acids is 2. The molecule has 3 nitrogen and oxygen atoms in total. The molecule has 0 amide bonds. The van der Waals surface area contributed by atoms with Gasteiger partial charge in [0.25, 0.3) is 5.67 Å². The molecule has 0 N–H and O–H groups in total. The van der Waals surface area contributed by atoms with Crippen molar-refractivity contribution in [1.29, 1.82) is 0 Å². The molecule has 1 rings (SSSR count). The van der Waals surface area contributed by atoms with Crippen molar-refractivity contribution in [2.75, 3.05) is 0 Å². The van der Waals surface area contributed by atoms with Crippen molar-refractivity contribution < 1.29 is 18.7 Å². The van der Waals surface area contributed by atoms with E-state index in [1.165, 1.54) is 0 Å². The molecule has 4 heteroatoms. The second-order valence-electron chi connectivity index (χ2n) is 5.57. The van der Waals surface area contributed by atoms with E-state index in [-0.39, 0.29) is 18.8 Å². The van der Waals surface area contributed by atoms with Crippen LogP contribution < -0.4 is 0 Å². The summed E-state index contributed by atoms with van der Waals surface area (Å²) in [6, 6.07) is 0. The minimum Gasteiger partial charge on any atom is -0.457 e. The molecular weight excluding hydrogens is 211 g/mol. The lowest BCUT2D eigenvalue weighted by atomic mass is 9.79. The number of esters is 1. The zero-order valence-electron chi connectivity index (χ0n) is 10.3. The van der Waals surface area contributed by atoms with E-state index < -0.39 is 23.0 Å². The van der Waals surface area contributed by atoms with E-state index in [0.29, 0.717) is 6.42 Å². The number of rotatable bonds is 1. The molecule has 0 aliphatic heterocycles. The van der Waals surface area contributed by atoms with Gasteiger partial charge in [-0.2, -0.15) is 0 Å². The third kappa shape index (κ3) is 2.80. The molecule has 0 aromatic heterocycles. The quantitative estimate of drug-likeness (QED) is 0.513. The van der Waals surface area contributed by atoms with Gasteiger partial charge >= 0.3 is 5.97 Å². The van der Waals surface area contributed by atoms with Gasteiger partial charge in [-0.25, -0.2) is 9.18 Å². The highest BCUT2D eigenvalue weighted by Gasteiger charge is 2.51. The third-order valence-corrected chi connectivity index (χ3v) is 2.66. The Morgan fingerprint density at radius 3 is 2.56 bits per heavy atom. The van der Waals surface area contributed by atoms with Gasteiger partial charge < -0.3 is 4.74 Å². The minimum atomic E-state index is -2.43. The van der Waals surface area contributed by atoms with E-state index in [4.69, 9.17) is 4.74 Å². The molecule has 1 fully saturated rings. The van der Waals surface area contributed by atoms with Crippen molar-refractivity contribution in [3.05, 3.63) is 0 Å². The first-order valence-corrected chi connectivity index (χ1v) is 5.61. The fraction of sp³-hybridized carbons (Fsp3) is 0.833. The van der Waals surface area contributed by atoms with Crippen LogP contribution in [0, 0.1) is 5.92 Å². The average molecular weight is 230 g/mol. The predicted molar refractivity (Wildman–Crippen MR) is 57.7 cm³/mol. The van der Waals surface area contributed by atoms with Crippen molar-refractivity contribution in [3.63, 3.8) is 0 Å². The van der Waals surface area contributed by atoms with Crippen LogP contribution in [-0.2, 0) is 14.3 Å². The highest BCUT2D eigenvalue weighted by atomic mass is 19.1. The summed E-state index contributed by atoms with van der Waals surface area (Å²) in [7, 11) is 0. The van der Waals surface area contributed by atoms with Crippen LogP contribution in [0.1, 0.15) is 47.0 Å². The maximum absolute atomic E-state index is 14.3. The summed E-state index contributed by atoms with van der Waals surface area (Å²) in [4.78, 5) is 23.2. The monoisotopic (exact) mass is 230 g/mol. The Labute approximate surface area is 95.3 Å². The molecular formula is C12H19FO3. The summed E-state index contributed by atoms with van der Waals surface area (Å²) in [6.07, 6.45) is 0.713. The number of ketones is 1. The van der Waals surface area contributed by atoms with E-state index in [1.54, 1.807) is 20.8 Å². The molecule has 2 atom stereocenters. The lowest BCUT2D eigenvalue weighted by Gasteiger charge is -2.32. The summed E-state index contributed by atoms with van der Waals surface area (Å²) < 4.78 is 19.3. The van der Waals surface area contributed by atoms with Crippen LogP contribution in [0.25, 0.3) is 0 Å². The second-order valence-corrected chi connectivity index (χ2v) is 5.57. The molecule has 1 saturated carbocycles. The Morgan fingerprint density at radius 2 is 2.06 bits per heavy atom. The number of ether oxygens (including phenoxy) is 1. The van der Waals surface area contributed by atoms with Crippen LogP contribution in [-0.4, -0.2) is 23.0 Å². The normalized spacial score (nSPS) is 31.3. The Morgan fingerprint density at radius 1 is 1.50 bits per heavy atom. The first-order chi connectivity index (χ1) is 7.15. The highest BCUT2D eigenvalue weighted by Crippen LogP contribution is 2.34. The summed E-state index contributed by atoms with van der Waals surface area (Å²) in [6.45, 7) is 6.81. The number of carbonyl (C=O) groups is 2. The minimum absolute atomic E-state index is 0.0372. The third-order valence-electron chi connectivity index (χ3n) is 2.66. The van der Waals surface area contributed by atoms with Crippen LogP contribution >= 0.6 is 0 Å². The maximum atomic E-state index is 14.3. The van der Waals surface area contributed by atoms with Gasteiger partial charge in [0.1, 0.15) is 5.60 Å². The molecule has 0 radical (unpaired) electrons. The zero-order valence-corrected chi connectivity index (χ0v) is 10.3. The summed E-state index contributed by atoms with van der Waals surface area (Å²) in [5, 5.41) is 0. The lowest BCUT2D eigenvalue weighted by Crippen LogP contribution is -2.49. The van der Waals surface area contributed by atoms with Gasteiger partial charge in [0, 0.05) is 12.8 Å². The van der Waals surface area contributed by atoms with Crippen LogP contribution in [0.5, 0.6) is 0 Å². The summed E-state index contributed by atoms with van der Waals surface area (Å²) in [5.74, 6) is -1.63. The summed E-state index contributed by atoms with van der Waals surface area (Å²) in [5.41, 5.74) is -3.19. The van der Waals surface area contributed by atoms with E-state index in [0.717, 1.165) is 0 Å². The molecule has 0 aromatic carbocycles. The fourth-order valence-electron chi connectivity index (χ4n) is 1.83. The molecule has 0 bridgehead atoms. The molecule has 0 heterocycles. The zero-order chi connectivity index (χ0) is 12.6. The molecule has 92 valence electrons. The predicted octanol–water partition coefficient (Wildman–Crippen LogP) is 2.43. The maximum Gasteiger partial charge on any atom is 0.352 e. The number of hydrogen-bond donors (Lipinski definition) is 0. The van der Waals surface area contributed by atoms with Crippen LogP contribution in [0.15, 0.2) is 0 Å². The molecule has 16 heavy (non-hydrogen) atoms. The van der Waals surface area contributed by atoms with E-state index in [2.05, 4.69) is 0 Å². The number of Topliss-reactive ketones (excluding diaryl/α,β-unsaturated/α-hetero) is 1. The lowest BCUT2D eigenvalue weighted by molar-refractivity contribution is -0.175. The number of halogens is 1. The van der Waals surface area contributed by atoms with Gasteiger partial charge in [0.05, 0.1) is 0 Å². The van der Waals surface area contributed by atoms with E-state index in [9.17, 15) is 14.0 Å². The fourth-order valence-corrected chi connectivity index (χ4v) is 1.83. The van der Waals surface area contributed by atoms with Gasteiger partial charge in [0.2, 0.25) is 0 Å². The van der Waals surface area contributed by atoms with Gasteiger partial charge in [-0.05, 0) is 33.1 Å². The van der Waals surface area contributed by atoms with Crippen molar-refractivity contribution in [1.82, 2.24) is 0 Å². The highest BCUT2D eigenvalue weighted by molar-refractivity contribution is 6.07. The van der Waals surface area contributed by atoms with E-state index in [1.807, 2.05) is 6.92 Å². The standard InChI is InChI=1S/C12H19FO3/c1-8-5-6-9(14)12(13,7-8)10(15)16-11(2,3)4/h8H,5-7H2,1-4H3. The van der Waals surface area contributed by atoms with Crippen LogP contribution in [0.3, 0.4) is 0 Å². The van der Waals surface area contributed by atoms with Gasteiger partial charge in [-0.15, -0.1) is 0 Å². The topological polar surface area (TPSA) is 43.4 Å². The Bertz CT molecular complexity index is 306. The van der Waals surface area contributed by atoms with E-state index >= 15 is 0 Å². The smallest absolute Gasteiger partial charge is 0.352 e. The first-order valence-electron chi connectivity index (χ1n) is 5.61. The van der Waals surface area contributed by atoms with Crippen molar-refractivity contribution >= 4 is 11.8 Å². The molecule has 0 aromatic rings. The molecule has 2 unspecified atom stereocenters. The average Bonchev–Trinajstić information content (AvgIpc) is 2.09.